The molecule has 0 aliphatic heterocycles. The first-order valence-corrected chi connectivity index (χ1v) is 8.55. The van der Waals surface area contributed by atoms with Gasteiger partial charge >= 0.3 is 5.97 Å². The van der Waals surface area contributed by atoms with Gasteiger partial charge in [0.15, 0.2) is 6.61 Å². The quantitative estimate of drug-likeness (QED) is 0.616. The number of esters is 1. The van der Waals surface area contributed by atoms with Crippen molar-refractivity contribution in [3.8, 4) is 0 Å². The van der Waals surface area contributed by atoms with Crippen molar-refractivity contribution < 1.29 is 23.5 Å². The topological polar surface area (TPSA) is 97.6 Å². The van der Waals surface area contributed by atoms with Crippen LogP contribution in [0.3, 0.4) is 0 Å². The van der Waals surface area contributed by atoms with Crippen LogP contribution >= 0.6 is 0 Å². The minimum Gasteiger partial charge on any atom is -0.467 e. The number of amides is 2. The highest BCUT2D eigenvalue weighted by atomic mass is 16.5. The van der Waals surface area contributed by atoms with Crippen LogP contribution in [-0.4, -0.2) is 24.4 Å². The highest BCUT2D eigenvalue weighted by molar-refractivity contribution is 6.08. The van der Waals surface area contributed by atoms with Gasteiger partial charge in [0.05, 0.1) is 24.1 Å². The molecule has 0 unspecified atom stereocenters. The summed E-state index contributed by atoms with van der Waals surface area (Å²) < 4.78 is 10.2. The second-order valence-corrected chi connectivity index (χ2v) is 5.80. The Kier molecular flexibility index (Phi) is 6.20. The van der Waals surface area contributed by atoms with Crippen LogP contribution in [0.15, 0.2) is 77.4 Å². The van der Waals surface area contributed by atoms with E-state index in [-0.39, 0.29) is 18.0 Å². The molecular formula is C21H18N2O5. The Hall–Kier alpha value is -3.87. The summed E-state index contributed by atoms with van der Waals surface area (Å²) in [6, 6.07) is 18.5. The first kappa shape index (κ1) is 18.9. The lowest BCUT2D eigenvalue weighted by molar-refractivity contribution is -0.124. The summed E-state index contributed by atoms with van der Waals surface area (Å²) in [5.41, 5.74) is 0.922. The summed E-state index contributed by atoms with van der Waals surface area (Å²) >= 11 is 0. The van der Waals surface area contributed by atoms with E-state index in [1.165, 1.54) is 12.3 Å². The molecule has 2 N–H and O–H groups in total. The molecule has 1 aromatic heterocycles. The van der Waals surface area contributed by atoms with Gasteiger partial charge in [0.1, 0.15) is 5.76 Å². The van der Waals surface area contributed by atoms with Crippen molar-refractivity contribution >= 4 is 23.5 Å². The minimum atomic E-state index is -0.711. The van der Waals surface area contributed by atoms with Crippen molar-refractivity contribution in [2.75, 3.05) is 11.9 Å². The molecule has 0 spiro atoms. The number of benzene rings is 2. The number of ether oxygens (including phenoxy) is 1. The van der Waals surface area contributed by atoms with Crippen molar-refractivity contribution in [3.05, 3.63) is 89.9 Å². The average Bonchev–Trinajstić information content (AvgIpc) is 3.25. The summed E-state index contributed by atoms with van der Waals surface area (Å²) in [6.07, 6.45) is 1.50. The van der Waals surface area contributed by atoms with Crippen LogP contribution in [0.1, 0.15) is 26.5 Å². The van der Waals surface area contributed by atoms with E-state index in [4.69, 9.17) is 9.15 Å². The molecule has 2 amide bonds. The minimum absolute atomic E-state index is 0.158. The second kappa shape index (κ2) is 9.18. The van der Waals surface area contributed by atoms with E-state index in [9.17, 15) is 14.4 Å². The number of nitrogens with one attached hydrogen (secondary N) is 2. The molecule has 7 nitrogen and oxygen atoms in total. The van der Waals surface area contributed by atoms with Crippen molar-refractivity contribution in [1.82, 2.24) is 5.32 Å². The normalized spacial score (nSPS) is 10.1. The van der Waals surface area contributed by atoms with Gasteiger partial charge in [-0.05, 0) is 36.4 Å². The summed E-state index contributed by atoms with van der Waals surface area (Å²) in [5, 5.41) is 5.27. The monoisotopic (exact) mass is 378 g/mol. The number of anilines is 1. The zero-order valence-corrected chi connectivity index (χ0v) is 14.9. The molecule has 28 heavy (non-hydrogen) atoms. The summed E-state index contributed by atoms with van der Waals surface area (Å²) in [4.78, 5) is 36.5. The molecule has 3 aromatic rings. The number of para-hydroxylation sites is 1. The summed E-state index contributed by atoms with van der Waals surface area (Å²) in [5.74, 6) is -0.932. The molecule has 0 saturated carbocycles. The van der Waals surface area contributed by atoms with E-state index in [0.717, 1.165) is 0 Å². The van der Waals surface area contributed by atoms with Gasteiger partial charge in [-0.15, -0.1) is 0 Å². The maximum atomic E-state index is 12.3. The molecule has 0 saturated heterocycles. The van der Waals surface area contributed by atoms with Gasteiger partial charge in [-0.25, -0.2) is 4.79 Å². The second-order valence-electron chi connectivity index (χ2n) is 5.80. The average molecular weight is 378 g/mol. The van der Waals surface area contributed by atoms with Crippen LogP contribution in [0.5, 0.6) is 0 Å². The molecule has 142 valence electrons. The molecular weight excluding hydrogens is 360 g/mol. The fraction of sp³-hybridized carbons (Fsp3) is 0.0952. The van der Waals surface area contributed by atoms with Gasteiger partial charge in [-0.2, -0.15) is 0 Å². The van der Waals surface area contributed by atoms with Gasteiger partial charge in [0.2, 0.25) is 0 Å². The van der Waals surface area contributed by atoms with E-state index < -0.39 is 18.5 Å². The number of hydrogen-bond donors (Lipinski definition) is 2. The number of hydrogen-bond acceptors (Lipinski definition) is 5. The van der Waals surface area contributed by atoms with Crippen LogP contribution in [0.4, 0.5) is 5.69 Å². The third-order valence-electron chi connectivity index (χ3n) is 3.81. The predicted molar refractivity (Wildman–Crippen MR) is 102 cm³/mol. The zero-order chi connectivity index (χ0) is 19.8. The van der Waals surface area contributed by atoms with Crippen LogP contribution in [0, 0.1) is 0 Å². The SMILES string of the molecule is O=C(COC(=O)c1ccccc1NC(=O)c1ccccc1)NCc1ccco1. The van der Waals surface area contributed by atoms with Crippen molar-refractivity contribution in [2.45, 2.75) is 6.54 Å². The van der Waals surface area contributed by atoms with E-state index in [1.807, 2.05) is 0 Å². The van der Waals surface area contributed by atoms with E-state index in [0.29, 0.717) is 17.0 Å². The highest BCUT2D eigenvalue weighted by Gasteiger charge is 2.16. The first-order chi connectivity index (χ1) is 13.6. The Bertz CT molecular complexity index is 952. The van der Waals surface area contributed by atoms with Gasteiger partial charge in [0, 0.05) is 5.56 Å². The Morgan fingerprint density at radius 1 is 0.893 bits per heavy atom. The molecule has 2 aromatic carbocycles. The standard InChI is InChI=1S/C21H18N2O5/c24-19(22-13-16-9-6-12-27-16)14-28-21(26)17-10-4-5-11-18(17)23-20(25)15-7-2-1-3-8-15/h1-12H,13-14H2,(H,22,24)(H,23,25). The van der Waals surface area contributed by atoms with E-state index >= 15 is 0 Å². The van der Waals surface area contributed by atoms with Crippen LogP contribution in [0.2, 0.25) is 0 Å². The molecule has 0 aliphatic carbocycles. The lowest BCUT2D eigenvalue weighted by Crippen LogP contribution is -2.28. The molecule has 0 bridgehead atoms. The lowest BCUT2D eigenvalue weighted by Gasteiger charge is -2.11. The Labute approximate surface area is 161 Å². The van der Waals surface area contributed by atoms with Crippen molar-refractivity contribution in [1.29, 1.82) is 0 Å². The lowest BCUT2D eigenvalue weighted by atomic mass is 10.1. The highest BCUT2D eigenvalue weighted by Crippen LogP contribution is 2.17. The van der Waals surface area contributed by atoms with Crippen LogP contribution < -0.4 is 10.6 Å². The maximum Gasteiger partial charge on any atom is 0.340 e. The Morgan fingerprint density at radius 2 is 1.64 bits per heavy atom. The fourth-order valence-corrected chi connectivity index (χ4v) is 2.41. The molecule has 0 aliphatic rings. The Balaban J connectivity index is 1.57. The van der Waals surface area contributed by atoms with E-state index in [1.54, 1.807) is 60.7 Å². The number of furan rings is 1. The smallest absolute Gasteiger partial charge is 0.340 e. The number of rotatable bonds is 7. The van der Waals surface area contributed by atoms with Gasteiger partial charge in [-0.1, -0.05) is 30.3 Å². The molecule has 0 atom stereocenters. The summed E-state index contributed by atoms with van der Waals surface area (Å²) in [7, 11) is 0. The first-order valence-electron chi connectivity index (χ1n) is 8.55. The molecule has 7 heteroatoms. The van der Waals surface area contributed by atoms with Gasteiger partial charge < -0.3 is 19.8 Å². The van der Waals surface area contributed by atoms with Crippen LogP contribution in [0.25, 0.3) is 0 Å². The Morgan fingerprint density at radius 3 is 2.39 bits per heavy atom. The predicted octanol–water partition coefficient (Wildman–Crippen LogP) is 3.01. The van der Waals surface area contributed by atoms with Crippen LogP contribution in [-0.2, 0) is 16.1 Å². The molecule has 3 rings (SSSR count). The third kappa shape index (κ3) is 5.07. The van der Waals surface area contributed by atoms with Gasteiger partial charge in [-0.3, -0.25) is 9.59 Å². The van der Waals surface area contributed by atoms with Crippen molar-refractivity contribution in [3.63, 3.8) is 0 Å². The number of carbonyl (C=O) groups excluding carboxylic acids is 3. The molecule has 1 heterocycles. The maximum absolute atomic E-state index is 12.3. The largest absolute Gasteiger partial charge is 0.467 e. The van der Waals surface area contributed by atoms with Gasteiger partial charge in [0.25, 0.3) is 11.8 Å². The van der Waals surface area contributed by atoms with E-state index in [2.05, 4.69) is 10.6 Å². The molecule has 0 fully saturated rings. The third-order valence-corrected chi connectivity index (χ3v) is 3.81. The zero-order valence-electron chi connectivity index (χ0n) is 14.9. The number of carbonyl (C=O) groups is 3. The molecule has 0 radical (unpaired) electrons. The summed E-state index contributed by atoms with van der Waals surface area (Å²) in [6.45, 7) is -0.242. The van der Waals surface area contributed by atoms with Crippen molar-refractivity contribution in [2.24, 2.45) is 0 Å². The fourth-order valence-electron chi connectivity index (χ4n) is 2.41.